The Kier molecular flexibility index (Phi) is 5.88. The highest BCUT2D eigenvalue weighted by molar-refractivity contribution is 5.76. The fraction of sp³-hybridized carbons (Fsp3) is 0.800. The Morgan fingerprint density at radius 3 is 2.27 bits per heavy atom. The van der Waals surface area contributed by atoms with Crippen molar-refractivity contribution in [1.82, 2.24) is 0 Å². The van der Waals surface area contributed by atoms with E-state index in [-0.39, 0.29) is 24.8 Å². The molecule has 0 aromatic rings. The van der Waals surface area contributed by atoms with Crippen molar-refractivity contribution in [2.24, 2.45) is 0 Å². The van der Waals surface area contributed by atoms with Gasteiger partial charge < -0.3 is 41.0 Å². The maximum absolute atomic E-state index is 10.4. The minimum Gasteiger partial charge on any atom is -1.00 e. The zero-order valence-corrected chi connectivity index (χ0v) is 7.53. The summed E-state index contributed by atoms with van der Waals surface area (Å²) < 4.78 is 0. The summed E-state index contributed by atoms with van der Waals surface area (Å²) in [4.78, 5) is 10.4. The van der Waals surface area contributed by atoms with E-state index in [0.717, 1.165) is 6.54 Å². The van der Waals surface area contributed by atoms with Crippen LogP contribution in [-0.2, 0) is 4.79 Å². The molecule has 0 aromatic carbocycles. The average molecular weight is 203 g/mol. The second kappa shape index (κ2) is 4.77. The maximum Gasteiger partial charge on any atom is 0.371 e. The molecule has 6 heteroatoms. The predicted molar refractivity (Wildman–Crippen MR) is 29.5 cm³/mol. The highest BCUT2D eigenvalue weighted by Gasteiger charge is 2.44. The summed E-state index contributed by atoms with van der Waals surface area (Å²) in [6.45, 7) is 1.53. The first-order chi connectivity index (χ1) is 4.15. The van der Waals surface area contributed by atoms with Crippen molar-refractivity contribution < 1.29 is 45.8 Å². The van der Waals surface area contributed by atoms with E-state index in [1.807, 2.05) is 5.32 Å². The maximum atomic E-state index is 10.4. The number of carbonyl (C=O) groups is 1. The summed E-state index contributed by atoms with van der Waals surface area (Å²) in [7, 11) is 0. The molecule has 0 radical (unpaired) electrons. The van der Waals surface area contributed by atoms with Crippen LogP contribution >= 0.6 is 0 Å². The lowest BCUT2D eigenvalue weighted by molar-refractivity contribution is -0.654. The zero-order chi connectivity index (χ0) is 6.91. The van der Waals surface area contributed by atoms with Crippen LogP contribution in [0.25, 0.3) is 0 Å². The minimum atomic E-state index is -0.767. The SMILES string of the molecule is [Cl-].[Cl-].[NH3+]C1(C(=O)O)CC[NH2+]C1. The van der Waals surface area contributed by atoms with Crippen molar-refractivity contribution in [2.75, 3.05) is 13.1 Å². The molecule has 1 fully saturated rings. The normalized spacial score (nSPS) is 28.5. The van der Waals surface area contributed by atoms with Crippen LogP contribution in [0.3, 0.4) is 0 Å². The Balaban J connectivity index is 0. The van der Waals surface area contributed by atoms with Crippen LogP contribution in [0.4, 0.5) is 0 Å². The van der Waals surface area contributed by atoms with E-state index in [9.17, 15) is 4.79 Å². The summed E-state index contributed by atoms with van der Waals surface area (Å²) in [5, 5.41) is 10.6. The van der Waals surface area contributed by atoms with Crippen molar-refractivity contribution in [3.8, 4) is 0 Å². The Labute approximate surface area is 77.3 Å². The molecule has 1 rings (SSSR count). The van der Waals surface area contributed by atoms with Crippen LogP contribution in [0.15, 0.2) is 0 Å². The Hall–Kier alpha value is -0.0300. The number of aliphatic carboxylic acids is 1. The molecule has 1 heterocycles. The number of halogens is 2. The van der Waals surface area contributed by atoms with Gasteiger partial charge in [0, 0.05) is 0 Å². The molecule has 0 amide bonds. The van der Waals surface area contributed by atoms with Crippen LogP contribution in [-0.4, -0.2) is 29.7 Å². The summed E-state index contributed by atoms with van der Waals surface area (Å²) in [6.07, 6.45) is 0.697. The van der Waals surface area contributed by atoms with Crippen molar-refractivity contribution >= 4 is 5.97 Å². The van der Waals surface area contributed by atoms with E-state index >= 15 is 0 Å². The minimum absolute atomic E-state index is 0. The molecule has 1 unspecified atom stereocenters. The van der Waals surface area contributed by atoms with Gasteiger partial charge in [0.05, 0.1) is 13.0 Å². The molecule has 1 atom stereocenters. The van der Waals surface area contributed by atoms with Gasteiger partial charge in [-0.3, -0.25) is 0 Å². The molecule has 1 saturated heterocycles. The second-order valence-electron chi connectivity index (χ2n) is 2.62. The van der Waals surface area contributed by atoms with Gasteiger partial charge in [-0.15, -0.1) is 0 Å². The number of hydrogen-bond acceptors (Lipinski definition) is 1. The number of rotatable bonds is 1. The first-order valence-corrected chi connectivity index (χ1v) is 3.05. The lowest BCUT2D eigenvalue weighted by atomic mass is 10.0. The van der Waals surface area contributed by atoms with Gasteiger partial charge in [0.25, 0.3) is 0 Å². The second-order valence-corrected chi connectivity index (χ2v) is 2.62. The number of carboxylic acids is 1. The van der Waals surface area contributed by atoms with Gasteiger partial charge in [0.1, 0.15) is 6.54 Å². The molecular weight excluding hydrogens is 191 g/mol. The summed E-state index contributed by atoms with van der Waals surface area (Å²) >= 11 is 0. The highest BCUT2D eigenvalue weighted by Crippen LogP contribution is 2.02. The smallest absolute Gasteiger partial charge is 0.371 e. The van der Waals surface area contributed by atoms with Crippen molar-refractivity contribution in [2.45, 2.75) is 12.0 Å². The van der Waals surface area contributed by atoms with Crippen LogP contribution in [0.2, 0.25) is 0 Å². The molecule has 68 valence electrons. The molecule has 6 N–H and O–H groups in total. The van der Waals surface area contributed by atoms with Crippen LogP contribution < -0.4 is 35.9 Å². The fourth-order valence-electron chi connectivity index (χ4n) is 1.05. The third-order valence-corrected chi connectivity index (χ3v) is 1.82. The monoisotopic (exact) mass is 202 g/mol. The van der Waals surface area contributed by atoms with Gasteiger partial charge in [0.2, 0.25) is 5.54 Å². The quantitative estimate of drug-likeness (QED) is 0.395. The summed E-state index contributed by atoms with van der Waals surface area (Å²) in [5.41, 5.74) is 2.94. The van der Waals surface area contributed by atoms with Gasteiger partial charge in [-0.25, -0.2) is 4.79 Å². The summed E-state index contributed by atoms with van der Waals surface area (Å²) in [5.74, 6) is -0.767. The largest absolute Gasteiger partial charge is 1.00 e. The average Bonchev–Trinajstić information content (AvgIpc) is 2.16. The number of carboxylic acid groups (broad SMARTS) is 1. The van der Waals surface area contributed by atoms with Crippen LogP contribution in [0.1, 0.15) is 6.42 Å². The van der Waals surface area contributed by atoms with Crippen LogP contribution in [0, 0.1) is 0 Å². The zero-order valence-electron chi connectivity index (χ0n) is 6.02. The molecule has 0 aliphatic carbocycles. The Bertz CT molecular complexity index is 136. The first kappa shape index (κ1) is 13.6. The molecule has 1 aliphatic rings. The van der Waals surface area contributed by atoms with Crippen molar-refractivity contribution in [3.63, 3.8) is 0 Å². The van der Waals surface area contributed by atoms with Gasteiger partial charge in [-0.2, -0.15) is 0 Å². The molecule has 0 aromatic heterocycles. The molecule has 11 heavy (non-hydrogen) atoms. The van der Waals surface area contributed by atoms with Gasteiger partial charge >= 0.3 is 5.97 Å². The van der Waals surface area contributed by atoms with Crippen molar-refractivity contribution in [1.29, 1.82) is 0 Å². The number of nitrogens with two attached hydrogens (primary N) is 1. The number of quaternary nitrogens is 2. The lowest BCUT2D eigenvalue weighted by Gasteiger charge is -2.07. The van der Waals surface area contributed by atoms with Gasteiger partial charge in [0.15, 0.2) is 0 Å². The standard InChI is InChI=1S/C5H10N2O2.2ClH/c6-5(4(8)9)1-2-7-3-5;;/h7H,1-3,6H2,(H,8,9);2*1H. The molecule has 1 aliphatic heterocycles. The van der Waals surface area contributed by atoms with E-state index in [1.165, 1.54) is 0 Å². The third kappa shape index (κ3) is 2.83. The third-order valence-electron chi connectivity index (χ3n) is 1.82. The molecule has 0 saturated carbocycles. The highest BCUT2D eigenvalue weighted by atomic mass is 35.5. The Morgan fingerprint density at radius 2 is 2.09 bits per heavy atom. The summed E-state index contributed by atoms with van der Waals surface area (Å²) in [6, 6.07) is 0. The van der Waals surface area contributed by atoms with E-state index in [4.69, 9.17) is 5.11 Å². The molecule has 4 nitrogen and oxygen atoms in total. The van der Waals surface area contributed by atoms with E-state index < -0.39 is 11.5 Å². The van der Waals surface area contributed by atoms with Crippen LogP contribution in [0.5, 0.6) is 0 Å². The van der Waals surface area contributed by atoms with Gasteiger partial charge in [-0.05, 0) is 0 Å². The van der Waals surface area contributed by atoms with E-state index in [1.54, 1.807) is 0 Å². The molecule has 0 bridgehead atoms. The molecular formula is C5H12Cl2N2O2. The van der Waals surface area contributed by atoms with E-state index in [0.29, 0.717) is 13.0 Å². The topological polar surface area (TPSA) is 81.5 Å². The Morgan fingerprint density at radius 1 is 1.55 bits per heavy atom. The first-order valence-electron chi connectivity index (χ1n) is 3.05. The fourth-order valence-corrected chi connectivity index (χ4v) is 1.05. The number of hydrogen-bond donors (Lipinski definition) is 3. The lowest BCUT2D eigenvalue weighted by Crippen LogP contribution is -3.00. The molecule has 0 spiro atoms. The van der Waals surface area contributed by atoms with Gasteiger partial charge in [-0.1, -0.05) is 0 Å². The van der Waals surface area contributed by atoms with E-state index in [2.05, 4.69) is 5.73 Å². The predicted octanol–water partition coefficient (Wildman–Crippen LogP) is -8.97. The van der Waals surface area contributed by atoms with Crippen molar-refractivity contribution in [3.05, 3.63) is 0 Å².